The van der Waals surface area contributed by atoms with Gasteiger partial charge in [0.1, 0.15) is 5.69 Å². The van der Waals surface area contributed by atoms with Crippen molar-refractivity contribution in [2.24, 2.45) is 0 Å². The number of hydrogen-bond acceptors (Lipinski definition) is 7. The maximum atomic E-state index is 13.5. The topological polar surface area (TPSA) is 119 Å². The minimum Gasteiger partial charge on any atom is -0.493 e. The molecule has 0 atom stereocenters. The molecular formula is C35H37N5O5. The van der Waals surface area contributed by atoms with Gasteiger partial charge in [-0.25, -0.2) is 9.97 Å². The van der Waals surface area contributed by atoms with E-state index in [9.17, 15) is 9.59 Å². The Bertz CT molecular complexity index is 1830. The Balaban J connectivity index is 1.22. The summed E-state index contributed by atoms with van der Waals surface area (Å²) in [6, 6.07) is 21.7. The largest absolute Gasteiger partial charge is 0.493 e. The molecule has 1 aliphatic rings. The quantitative estimate of drug-likeness (QED) is 0.299. The minimum absolute atomic E-state index is 0.0427. The molecule has 45 heavy (non-hydrogen) atoms. The molecule has 0 fully saturated rings. The maximum Gasteiger partial charge on any atom is 0.239 e. The van der Waals surface area contributed by atoms with Crippen LogP contribution in [0.4, 0.5) is 0 Å². The van der Waals surface area contributed by atoms with Crippen molar-refractivity contribution < 1.29 is 23.8 Å². The Kier molecular flexibility index (Phi) is 9.09. The van der Waals surface area contributed by atoms with Gasteiger partial charge in [0.15, 0.2) is 11.5 Å². The van der Waals surface area contributed by atoms with Gasteiger partial charge in [-0.05, 0) is 54.3 Å². The molecule has 0 aliphatic carbocycles. The van der Waals surface area contributed by atoms with E-state index in [1.807, 2.05) is 54.6 Å². The summed E-state index contributed by atoms with van der Waals surface area (Å²) in [5.41, 5.74) is 6.46. The first-order valence-electron chi connectivity index (χ1n) is 15.2. The molecule has 0 unspecified atom stereocenters. The average molecular weight is 608 g/mol. The minimum atomic E-state index is -0.201. The van der Waals surface area contributed by atoms with E-state index in [-0.39, 0.29) is 24.8 Å². The number of aromatic amines is 1. The van der Waals surface area contributed by atoms with Crippen LogP contribution in [0.25, 0.3) is 21.9 Å². The molecule has 3 heterocycles. The van der Waals surface area contributed by atoms with Crippen molar-refractivity contribution in [3.8, 4) is 17.4 Å². The zero-order valence-electron chi connectivity index (χ0n) is 25.6. The summed E-state index contributed by atoms with van der Waals surface area (Å²) < 4.78 is 17.2. The number of methoxy groups -OCH3 is 2. The van der Waals surface area contributed by atoms with Crippen molar-refractivity contribution >= 4 is 33.8 Å². The van der Waals surface area contributed by atoms with Crippen LogP contribution in [0, 0.1) is 0 Å². The number of nitrogens with zero attached hydrogens (tertiary/aromatic N) is 3. The first kappa shape index (κ1) is 29.9. The van der Waals surface area contributed by atoms with Crippen LogP contribution >= 0.6 is 0 Å². The lowest BCUT2D eigenvalue weighted by Gasteiger charge is -2.23. The smallest absolute Gasteiger partial charge is 0.239 e. The Labute approximate surface area is 261 Å². The number of rotatable bonds is 5. The number of hydrogen-bond donors (Lipinski definition) is 2. The molecule has 2 aromatic heterocycles. The number of fused-ring (bicyclic) bond motifs is 6. The number of carbonyl (C=O) groups is 2. The number of H-pyrrole nitrogens is 1. The third kappa shape index (κ3) is 6.85. The van der Waals surface area contributed by atoms with Crippen LogP contribution in [0.5, 0.6) is 17.4 Å². The Morgan fingerprint density at radius 1 is 1.00 bits per heavy atom. The highest BCUT2D eigenvalue weighted by molar-refractivity contribution is 5.86. The van der Waals surface area contributed by atoms with Gasteiger partial charge in [0.05, 0.1) is 38.4 Å². The van der Waals surface area contributed by atoms with Crippen LogP contribution in [-0.4, -0.2) is 72.1 Å². The van der Waals surface area contributed by atoms with E-state index in [1.54, 1.807) is 19.1 Å². The summed E-state index contributed by atoms with van der Waals surface area (Å²) in [5, 5.41) is 4.18. The lowest BCUT2D eigenvalue weighted by atomic mass is 10.0. The fraction of sp³-hybridized carbons (Fsp3) is 0.314. The van der Waals surface area contributed by atoms with Gasteiger partial charge in [-0.3, -0.25) is 9.59 Å². The van der Waals surface area contributed by atoms with Crippen LogP contribution in [0.2, 0.25) is 0 Å². The normalized spacial score (nSPS) is 14.4. The molecule has 2 N–H and O–H groups in total. The molecule has 0 radical (unpaired) electrons. The second kappa shape index (κ2) is 13.7. The number of para-hydroxylation sites is 3. The van der Waals surface area contributed by atoms with Gasteiger partial charge < -0.3 is 29.4 Å². The highest BCUT2D eigenvalue weighted by Crippen LogP contribution is 2.31. The first-order valence-corrected chi connectivity index (χ1v) is 15.2. The van der Waals surface area contributed by atoms with Crippen LogP contribution in [0.15, 0.2) is 66.7 Å². The number of amides is 2. The number of aryl methyl sites for hydroxylation is 1. The van der Waals surface area contributed by atoms with E-state index < -0.39 is 0 Å². The monoisotopic (exact) mass is 607 g/mol. The molecule has 0 saturated carbocycles. The zero-order chi connectivity index (χ0) is 31.2. The molecular weight excluding hydrogens is 570 g/mol. The van der Waals surface area contributed by atoms with Crippen molar-refractivity contribution in [3.05, 3.63) is 89.2 Å². The Morgan fingerprint density at radius 2 is 1.80 bits per heavy atom. The number of aromatic nitrogens is 3. The van der Waals surface area contributed by atoms with E-state index in [1.165, 1.54) is 0 Å². The molecule has 2 bridgehead atoms. The van der Waals surface area contributed by atoms with Crippen molar-refractivity contribution in [2.45, 2.75) is 32.1 Å². The van der Waals surface area contributed by atoms with Crippen LogP contribution in [0.3, 0.4) is 0 Å². The fourth-order valence-electron chi connectivity index (χ4n) is 5.86. The SMILES string of the molecule is COc1ccc2cc1OCCCN(C(=O)CCc1nc3ccccc3nc1OC)CC(=O)NCCc1c([nH]c3ccccc13)C2. The summed E-state index contributed by atoms with van der Waals surface area (Å²) in [7, 11) is 3.17. The third-order valence-corrected chi connectivity index (χ3v) is 8.10. The predicted octanol–water partition coefficient (Wildman–Crippen LogP) is 4.62. The van der Waals surface area contributed by atoms with Crippen molar-refractivity contribution in [1.29, 1.82) is 0 Å². The maximum absolute atomic E-state index is 13.5. The second-order valence-electron chi connectivity index (χ2n) is 11.1. The standard InChI is InChI=1S/C35H37N5O5/c1-43-31-14-12-23-20-30-25(24-8-3-4-9-26(24)37-30)16-17-36-33(41)22-40(18-7-19-45-32(31)21-23)34(42)15-13-29-35(44-2)39-28-11-6-5-10-27(28)38-29/h3-6,8-12,14,21,37H,7,13,15-20,22H2,1-2H3,(H,36,41). The van der Waals surface area contributed by atoms with Gasteiger partial charge in [0.25, 0.3) is 0 Å². The average Bonchev–Trinajstić information content (AvgIpc) is 3.40. The zero-order valence-corrected chi connectivity index (χ0v) is 25.6. The molecule has 3 aromatic carbocycles. The van der Waals surface area contributed by atoms with Gasteiger partial charge in [-0.2, -0.15) is 0 Å². The number of benzene rings is 3. The molecule has 0 saturated heterocycles. The Hall–Kier alpha value is -5.12. The van der Waals surface area contributed by atoms with E-state index in [4.69, 9.17) is 14.2 Å². The fourth-order valence-corrected chi connectivity index (χ4v) is 5.86. The van der Waals surface area contributed by atoms with Crippen molar-refractivity contribution in [2.75, 3.05) is 40.5 Å². The van der Waals surface area contributed by atoms with Crippen LogP contribution in [-0.2, 0) is 28.9 Å². The van der Waals surface area contributed by atoms with Crippen LogP contribution < -0.4 is 19.5 Å². The number of carbonyl (C=O) groups excluding carboxylic acids is 2. The van der Waals surface area contributed by atoms with Gasteiger partial charge >= 0.3 is 0 Å². The summed E-state index contributed by atoms with van der Waals surface area (Å²) in [5.74, 6) is 1.34. The second-order valence-corrected chi connectivity index (χ2v) is 11.1. The van der Waals surface area contributed by atoms with E-state index in [0.29, 0.717) is 68.5 Å². The van der Waals surface area contributed by atoms with Gasteiger partial charge in [-0.15, -0.1) is 0 Å². The van der Waals surface area contributed by atoms with Crippen molar-refractivity contribution in [3.63, 3.8) is 0 Å². The highest BCUT2D eigenvalue weighted by atomic mass is 16.5. The summed E-state index contributed by atoms with van der Waals surface area (Å²) in [6.45, 7) is 1.13. The molecule has 232 valence electrons. The number of ether oxygens (including phenoxy) is 3. The highest BCUT2D eigenvalue weighted by Gasteiger charge is 2.20. The van der Waals surface area contributed by atoms with Crippen LogP contribution in [0.1, 0.15) is 35.4 Å². The Morgan fingerprint density at radius 3 is 2.62 bits per heavy atom. The molecule has 1 aliphatic heterocycles. The summed E-state index contributed by atoms with van der Waals surface area (Å²) in [4.78, 5) is 41.1. The van der Waals surface area contributed by atoms with E-state index in [0.717, 1.165) is 38.8 Å². The lowest BCUT2D eigenvalue weighted by Crippen LogP contribution is -2.42. The van der Waals surface area contributed by atoms with E-state index in [2.05, 4.69) is 32.4 Å². The van der Waals surface area contributed by atoms with Gasteiger partial charge in [-0.1, -0.05) is 36.4 Å². The molecule has 5 aromatic rings. The summed E-state index contributed by atoms with van der Waals surface area (Å²) >= 11 is 0. The molecule has 10 heteroatoms. The number of nitrogens with one attached hydrogen (secondary N) is 2. The summed E-state index contributed by atoms with van der Waals surface area (Å²) in [6.07, 6.45) is 2.37. The molecule has 10 nitrogen and oxygen atoms in total. The molecule has 6 rings (SSSR count). The van der Waals surface area contributed by atoms with Gasteiger partial charge in [0, 0.05) is 48.9 Å². The predicted molar refractivity (Wildman–Crippen MR) is 172 cm³/mol. The van der Waals surface area contributed by atoms with Gasteiger partial charge in [0.2, 0.25) is 17.7 Å². The lowest BCUT2D eigenvalue weighted by molar-refractivity contribution is -0.136. The molecule has 2 amide bonds. The van der Waals surface area contributed by atoms with Crippen molar-refractivity contribution in [1.82, 2.24) is 25.2 Å². The first-order chi connectivity index (χ1) is 22.0. The third-order valence-electron chi connectivity index (χ3n) is 8.10. The van der Waals surface area contributed by atoms with E-state index >= 15 is 0 Å². The molecule has 0 spiro atoms.